The summed E-state index contributed by atoms with van der Waals surface area (Å²) in [5, 5.41) is 1.06. The van der Waals surface area contributed by atoms with Crippen molar-refractivity contribution in [3.8, 4) is 23.0 Å². The summed E-state index contributed by atoms with van der Waals surface area (Å²) < 4.78 is 124. The number of piperidine rings is 1. The van der Waals surface area contributed by atoms with Crippen LogP contribution in [0.4, 0.5) is 39.5 Å². The summed E-state index contributed by atoms with van der Waals surface area (Å²) in [4.78, 5) is 5.09. The molecule has 5 nitrogen and oxygen atoms in total. The predicted molar refractivity (Wildman–Crippen MR) is 77.1 cm³/mol. The lowest BCUT2D eigenvalue weighted by Gasteiger charge is -2.30. The molecule has 0 spiro atoms. The van der Waals surface area contributed by atoms with E-state index in [2.05, 4.69) is 14.2 Å². The largest absolute Gasteiger partial charge is 0.573 e. The Balaban J connectivity index is 2.48. The highest BCUT2D eigenvalue weighted by Crippen LogP contribution is 2.46. The van der Waals surface area contributed by atoms with Gasteiger partial charge in [-0.25, -0.2) is 0 Å². The molecule has 166 valence electrons. The first-order valence-corrected chi connectivity index (χ1v) is 7.99. The summed E-state index contributed by atoms with van der Waals surface area (Å²) in [5.41, 5.74) is 0. The Kier molecular flexibility index (Phi) is 6.55. The Morgan fingerprint density at radius 2 is 1.17 bits per heavy atom. The van der Waals surface area contributed by atoms with E-state index in [4.69, 9.17) is 4.84 Å². The molecule has 14 heteroatoms. The normalized spacial score (nSPS) is 17.2. The van der Waals surface area contributed by atoms with Gasteiger partial charge in [0.1, 0.15) is 5.75 Å². The highest BCUT2D eigenvalue weighted by molar-refractivity contribution is 5.56. The number of halogens is 9. The Bertz CT molecular complexity index is 657. The third kappa shape index (κ3) is 7.95. The number of ether oxygens (including phenoxy) is 3. The van der Waals surface area contributed by atoms with Crippen molar-refractivity contribution in [3.63, 3.8) is 0 Å². The van der Waals surface area contributed by atoms with Gasteiger partial charge in [-0.15, -0.1) is 44.6 Å². The lowest BCUT2D eigenvalue weighted by atomic mass is 10.0. The minimum Gasteiger partial charge on any atom is -0.406 e. The van der Waals surface area contributed by atoms with Crippen LogP contribution in [0.15, 0.2) is 12.1 Å². The lowest BCUT2D eigenvalue weighted by Crippen LogP contribution is -2.36. The summed E-state index contributed by atoms with van der Waals surface area (Å²) in [6.45, 7) is 2.19. The van der Waals surface area contributed by atoms with Gasteiger partial charge in [0.05, 0.1) is 0 Å². The van der Waals surface area contributed by atoms with E-state index in [9.17, 15) is 39.5 Å². The van der Waals surface area contributed by atoms with Crippen LogP contribution in [0, 0.1) is 5.92 Å². The van der Waals surface area contributed by atoms with Gasteiger partial charge in [0.25, 0.3) is 0 Å². The molecular weight excluding hydrogens is 429 g/mol. The second kappa shape index (κ2) is 8.24. The molecule has 0 amide bonds. The third-order valence-electron chi connectivity index (χ3n) is 3.64. The zero-order valence-corrected chi connectivity index (χ0v) is 14.5. The van der Waals surface area contributed by atoms with Crippen molar-refractivity contribution in [2.45, 2.75) is 38.9 Å². The van der Waals surface area contributed by atoms with Crippen LogP contribution in [0.5, 0.6) is 23.0 Å². The maximum Gasteiger partial charge on any atom is 0.573 e. The standard InChI is InChI=1S/C15H14F9NO4/c1-8-2-4-25(5-3-8)29-12-10(27-14(19,20)21)6-9(26-13(16,17)18)7-11(12)28-15(22,23)24/h6-8H,2-5H2,1H3. The van der Waals surface area contributed by atoms with Gasteiger partial charge in [-0.3, -0.25) is 0 Å². The van der Waals surface area contributed by atoms with E-state index in [1.807, 2.05) is 6.92 Å². The van der Waals surface area contributed by atoms with E-state index in [1.165, 1.54) is 0 Å². The second-order valence-corrected chi connectivity index (χ2v) is 6.09. The van der Waals surface area contributed by atoms with Crippen LogP contribution in [0.3, 0.4) is 0 Å². The zero-order valence-electron chi connectivity index (χ0n) is 14.5. The second-order valence-electron chi connectivity index (χ2n) is 6.09. The van der Waals surface area contributed by atoms with Crippen LogP contribution in [0.1, 0.15) is 19.8 Å². The SMILES string of the molecule is CC1CCN(Oc2c(OC(F)(F)F)cc(OC(F)(F)F)cc2OC(F)(F)F)CC1. The Morgan fingerprint density at radius 3 is 1.55 bits per heavy atom. The summed E-state index contributed by atoms with van der Waals surface area (Å²) in [6.07, 6.45) is -15.2. The molecule has 1 heterocycles. The molecule has 29 heavy (non-hydrogen) atoms. The molecule has 0 aromatic heterocycles. The number of rotatable bonds is 5. The number of hydrogen-bond donors (Lipinski definition) is 0. The van der Waals surface area contributed by atoms with E-state index in [0.29, 0.717) is 12.8 Å². The Hall–Kier alpha value is -2.25. The summed E-state index contributed by atoms with van der Waals surface area (Å²) >= 11 is 0. The van der Waals surface area contributed by atoms with Crippen LogP contribution in [-0.4, -0.2) is 37.2 Å². The summed E-state index contributed by atoms with van der Waals surface area (Å²) in [5.74, 6) is -5.34. The van der Waals surface area contributed by atoms with E-state index in [1.54, 1.807) is 0 Å². The fourth-order valence-corrected chi connectivity index (χ4v) is 2.44. The van der Waals surface area contributed by atoms with Gasteiger partial charge in [-0.2, -0.15) is 0 Å². The molecule has 0 atom stereocenters. The third-order valence-corrected chi connectivity index (χ3v) is 3.64. The molecule has 1 saturated heterocycles. The fourth-order valence-electron chi connectivity index (χ4n) is 2.44. The van der Waals surface area contributed by atoms with Crippen molar-refractivity contribution < 1.29 is 58.6 Å². The fraction of sp³-hybridized carbons (Fsp3) is 0.600. The van der Waals surface area contributed by atoms with Crippen LogP contribution < -0.4 is 19.0 Å². The molecule has 1 aromatic carbocycles. The number of nitrogens with zero attached hydrogens (tertiary/aromatic N) is 1. The van der Waals surface area contributed by atoms with Crippen LogP contribution in [-0.2, 0) is 0 Å². The molecule has 1 fully saturated rings. The van der Waals surface area contributed by atoms with Crippen molar-refractivity contribution in [3.05, 3.63) is 12.1 Å². The number of benzene rings is 1. The van der Waals surface area contributed by atoms with Gasteiger partial charge < -0.3 is 19.0 Å². The molecule has 0 N–H and O–H groups in total. The van der Waals surface area contributed by atoms with Gasteiger partial charge >= 0.3 is 19.1 Å². The first-order chi connectivity index (χ1) is 13.1. The molecule has 0 saturated carbocycles. The van der Waals surface area contributed by atoms with Crippen molar-refractivity contribution in [2.24, 2.45) is 5.92 Å². The van der Waals surface area contributed by atoms with E-state index < -0.39 is 42.1 Å². The van der Waals surface area contributed by atoms with E-state index >= 15 is 0 Å². The van der Waals surface area contributed by atoms with Gasteiger partial charge in [0.2, 0.25) is 5.75 Å². The topological polar surface area (TPSA) is 40.2 Å². The summed E-state index contributed by atoms with van der Waals surface area (Å²) in [6, 6.07) is 0.207. The number of hydrogen-bond acceptors (Lipinski definition) is 5. The van der Waals surface area contributed by atoms with Crippen LogP contribution in [0.25, 0.3) is 0 Å². The van der Waals surface area contributed by atoms with Gasteiger partial charge in [-0.1, -0.05) is 6.92 Å². The van der Waals surface area contributed by atoms with E-state index in [0.717, 1.165) is 5.06 Å². The molecule has 2 rings (SSSR count). The molecule has 0 aliphatic carbocycles. The van der Waals surface area contributed by atoms with Crippen molar-refractivity contribution in [2.75, 3.05) is 13.1 Å². The Morgan fingerprint density at radius 1 is 0.759 bits per heavy atom. The lowest BCUT2D eigenvalue weighted by molar-refractivity contribution is -0.280. The van der Waals surface area contributed by atoms with Gasteiger partial charge in [0.15, 0.2) is 11.5 Å². The monoisotopic (exact) mass is 443 g/mol. The first-order valence-electron chi connectivity index (χ1n) is 7.99. The minimum atomic E-state index is -5.44. The number of hydroxylamine groups is 2. The first kappa shape index (κ1) is 23.0. The molecule has 0 unspecified atom stereocenters. The van der Waals surface area contributed by atoms with Crippen molar-refractivity contribution in [1.82, 2.24) is 5.06 Å². The zero-order chi connectivity index (χ0) is 22.0. The molecular formula is C15H14F9NO4. The number of alkyl halides is 9. The average Bonchev–Trinajstić information content (AvgIpc) is 2.47. The quantitative estimate of drug-likeness (QED) is 0.570. The Labute approximate surface area is 157 Å². The predicted octanol–water partition coefficient (Wildman–Crippen LogP) is 5.41. The molecule has 1 aromatic rings. The molecule has 1 aliphatic rings. The highest BCUT2D eigenvalue weighted by Gasteiger charge is 2.39. The van der Waals surface area contributed by atoms with Crippen LogP contribution >= 0.6 is 0 Å². The van der Waals surface area contributed by atoms with Crippen LogP contribution in [0.2, 0.25) is 0 Å². The molecule has 0 bridgehead atoms. The smallest absolute Gasteiger partial charge is 0.406 e. The van der Waals surface area contributed by atoms with Crippen molar-refractivity contribution >= 4 is 0 Å². The maximum absolute atomic E-state index is 12.7. The minimum absolute atomic E-state index is 0.103. The molecule has 0 radical (unpaired) electrons. The van der Waals surface area contributed by atoms with Gasteiger partial charge in [-0.05, 0) is 18.8 Å². The van der Waals surface area contributed by atoms with E-state index in [-0.39, 0.29) is 31.1 Å². The van der Waals surface area contributed by atoms with Crippen molar-refractivity contribution in [1.29, 1.82) is 0 Å². The average molecular weight is 443 g/mol. The summed E-state index contributed by atoms with van der Waals surface area (Å²) in [7, 11) is 0. The maximum atomic E-state index is 12.7. The molecule has 1 aliphatic heterocycles. The highest BCUT2D eigenvalue weighted by atomic mass is 19.4. The van der Waals surface area contributed by atoms with Gasteiger partial charge in [0, 0.05) is 25.2 Å².